The van der Waals surface area contributed by atoms with Crippen LogP contribution in [-0.2, 0) is 24.3 Å². The highest BCUT2D eigenvalue weighted by atomic mass is 127. The van der Waals surface area contributed by atoms with Crippen LogP contribution in [0.3, 0.4) is 0 Å². The van der Waals surface area contributed by atoms with Crippen LogP contribution in [0.5, 0.6) is 0 Å². The molecule has 9 heteroatoms. The fourth-order valence-corrected chi connectivity index (χ4v) is 3.29. The van der Waals surface area contributed by atoms with Crippen molar-refractivity contribution >= 4 is 29.9 Å². The Morgan fingerprint density at radius 1 is 1.42 bits per heavy atom. The van der Waals surface area contributed by atoms with Crippen molar-refractivity contribution in [2.75, 3.05) is 41.3 Å². The predicted octanol–water partition coefficient (Wildman–Crippen LogP) is 1.11. The molecule has 0 saturated heterocycles. The zero-order chi connectivity index (χ0) is 18.4. The third-order valence-electron chi connectivity index (χ3n) is 4.22. The van der Waals surface area contributed by atoms with Gasteiger partial charge < -0.3 is 20.3 Å². The Morgan fingerprint density at radius 3 is 2.77 bits per heavy atom. The second kappa shape index (κ2) is 10.4. The van der Waals surface area contributed by atoms with Gasteiger partial charge in [0.2, 0.25) is 0 Å². The minimum absolute atomic E-state index is 0. The van der Waals surface area contributed by atoms with Gasteiger partial charge in [-0.2, -0.15) is 5.10 Å². The van der Waals surface area contributed by atoms with Gasteiger partial charge in [-0.25, -0.2) is 9.67 Å². The van der Waals surface area contributed by atoms with Crippen LogP contribution in [0.15, 0.2) is 4.99 Å². The zero-order valence-corrected chi connectivity index (χ0v) is 19.2. The fourth-order valence-electron chi connectivity index (χ4n) is 3.29. The molecule has 1 aromatic rings. The first-order valence-electron chi connectivity index (χ1n) is 8.86. The van der Waals surface area contributed by atoms with Gasteiger partial charge in [0.25, 0.3) is 0 Å². The normalized spacial score (nSPS) is 17.7. The molecule has 8 nitrogen and oxygen atoms in total. The van der Waals surface area contributed by atoms with Crippen molar-refractivity contribution in [2.24, 2.45) is 10.4 Å². The number of aliphatic imine (C=N–C) groups is 1. The van der Waals surface area contributed by atoms with Gasteiger partial charge in [0, 0.05) is 39.7 Å². The van der Waals surface area contributed by atoms with Crippen molar-refractivity contribution in [1.82, 2.24) is 30.3 Å². The maximum Gasteiger partial charge on any atom is 0.191 e. The molecule has 0 spiro atoms. The van der Waals surface area contributed by atoms with E-state index >= 15 is 0 Å². The Bertz CT molecular complexity index is 586. The average Bonchev–Trinajstić information content (AvgIpc) is 2.92. The van der Waals surface area contributed by atoms with Crippen LogP contribution in [0.25, 0.3) is 0 Å². The summed E-state index contributed by atoms with van der Waals surface area (Å²) in [6, 6.07) is 0.299. The molecule has 0 aliphatic carbocycles. The summed E-state index contributed by atoms with van der Waals surface area (Å²) in [5.41, 5.74) is 0.168. The van der Waals surface area contributed by atoms with E-state index in [1.54, 1.807) is 7.11 Å². The van der Waals surface area contributed by atoms with Crippen LogP contribution in [-0.4, -0.2) is 73.0 Å². The molecular weight excluding hydrogens is 445 g/mol. The van der Waals surface area contributed by atoms with Crippen molar-refractivity contribution in [3.05, 3.63) is 11.6 Å². The lowest BCUT2D eigenvalue weighted by Gasteiger charge is -2.30. The molecule has 2 N–H and O–H groups in total. The molecule has 0 radical (unpaired) electrons. The topological polar surface area (TPSA) is 79.6 Å². The van der Waals surface area contributed by atoms with Gasteiger partial charge in [0.1, 0.15) is 12.4 Å². The SMILES string of the molecule is CN=C(NCC(C)(C)CN(C)C)NC1CCc2nc(COC)nn2C1.I. The first-order valence-corrected chi connectivity index (χ1v) is 8.86. The van der Waals surface area contributed by atoms with Crippen molar-refractivity contribution in [3.8, 4) is 0 Å². The van der Waals surface area contributed by atoms with Crippen LogP contribution in [0.4, 0.5) is 0 Å². The summed E-state index contributed by atoms with van der Waals surface area (Å²) in [6.07, 6.45) is 1.93. The number of ether oxygens (including phenoxy) is 1. The maximum atomic E-state index is 5.12. The minimum atomic E-state index is 0. The molecule has 1 unspecified atom stereocenters. The number of nitrogens with one attached hydrogen (secondary N) is 2. The number of fused-ring (bicyclic) bond motifs is 1. The summed E-state index contributed by atoms with van der Waals surface area (Å²) in [6.45, 7) is 7.66. The number of hydrogen-bond donors (Lipinski definition) is 2. The second-order valence-corrected chi connectivity index (χ2v) is 7.77. The quantitative estimate of drug-likeness (QED) is 0.347. The third kappa shape index (κ3) is 6.99. The van der Waals surface area contributed by atoms with E-state index in [0.717, 1.165) is 50.1 Å². The van der Waals surface area contributed by atoms with E-state index in [-0.39, 0.29) is 29.4 Å². The summed E-state index contributed by atoms with van der Waals surface area (Å²) < 4.78 is 7.10. The van der Waals surface area contributed by atoms with E-state index in [1.165, 1.54) is 0 Å². The minimum Gasteiger partial charge on any atom is -0.377 e. The third-order valence-corrected chi connectivity index (χ3v) is 4.22. The van der Waals surface area contributed by atoms with Gasteiger partial charge in [-0.1, -0.05) is 13.8 Å². The number of rotatable bonds is 7. The molecule has 26 heavy (non-hydrogen) atoms. The van der Waals surface area contributed by atoms with Crippen LogP contribution in [0.1, 0.15) is 31.9 Å². The molecule has 1 aromatic heterocycles. The first-order chi connectivity index (χ1) is 11.8. The summed E-state index contributed by atoms with van der Waals surface area (Å²) in [5.74, 6) is 2.64. The molecule has 0 amide bonds. The summed E-state index contributed by atoms with van der Waals surface area (Å²) in [4.78, 5) is 11.1. The van der Waals surface area contributed by atoms with Crippen LogP contribution in [0, 0.1) is 5.41 Å². The van der Waals surface area contributed by atoms with Crippen molar-refractivity contribution in [1.29, 1.82) is 0 Å². The standard InChI is InChI=1S/C17H33N7O.HI/c1-17(2,12-23(4)5)11-19-16(18-3)20-13-7-8-15-21-14(10-25-6)22-24(15)9-13;/h13H,7-12H2,1-6H3,(H2,18,19,20);1H. The molecule has 150 valence electrons. The lowest BCUT2D eigenvalue weighted by molar-refractivity contribution is 0.177. The maximum absolute atomic E-state index is 5.12. The smallest absolute Gasteiger partial charge is 0.191 e. The summed E-state index contributed by atoms with van der Waals surface area (Å²) in [5, 5.41) is 11.5. The number of guanidine groups is 1. The second-order valence-electron chi connectivity index (χ2n) is 7.77. The summed E-state index contributed by atoms with van der Waals surface area (Å²) in [7, 11) is 7.68. The first kappa shape index (κ1) is 23.1. The Hall–Kier alpha value is -0.940. The zero-order valence-electron chi connectivity index (χ0n) is 16.9. The molecule has 1 atom stereocenters. The number of nitrogens with zero attached hydrogens (tertiary/aromatic N) is 5. The van der Waals surface area contributed by atoms with E-state index in [1.807, 2.05) is 11.7 Å². The highest BCUT2D eigenvalue weighted by Crippen LogP contribution is 2.15. The fraction of sp³-hybridized carbons (Fsp3) is 0.824. The largest absolute Gasteiger partial charge is 0.377 e. The number of methoxy groups -OCH3 is 1. The van der Waals surface area contributed by atoms with E-state index in [0.29, 0.717) is 12.6 Å². The Kier molecular flexibility index (Phi) is 9.25. The van der Waals surface area contributed by atoms with E-state index in [2.05, 4.69) is 58.6 Å². The monoisotopic (exact) mass is 479 g/mol. The molecule has 0 aromatic carbocycles. The van der Waals surface area contributed by atoms with Gasteiger partial charge >= 0.3 is 0 Å². The Balaban J connectivity index is 0.00000338. The van der Waals surface area contributed by atoms with Crippen LogP contribution < -0.4 is 10.6 Å². The average molecular weight is 479 g/mol. The predicted molar refractivity (Wildman–Crippen MR) is 115 cm³/mol. The lowest BCUT2D eigenvalue weighted by atomic mass is 9.93. The van der Waals surface area contributed by atoms with Gasteiger partial charge in [0.15, 0.2) is 11.8 Å². The van der Waals surface area contributed by atoms with Crippen molar-refractivity contribution in [3.63, 3.8) is 0 Å². The highest BCUT2D eigenvalue weighted by Gasteiger charge is 2.23. The molecule has 0 saturated carbocycles. The van der Waals surface area contributed by atoms with E-state index in [9.17, 15) is 0 Å². The van der Waals surface area contributed by atoms with Gasteiger partial charge in [-0.15, -0.1) is 24.0 Å². The van der Waals surface area contributed by atoms with Crippen LogP contribution >= 0.6 is 24.0 Å². The lowest BCUT2D eigenvalue weighted by Crippen LogP contribution is -2.50. The van der Waals surface area contributed by atoms with E-state index < -0.39 is 0 Å². The highest BCUT2D eigenvalue weighted by molar-refractivity contribution is 14.0. The van der Waals surface area contributed by atoms with Gasteiger partial charge in [-0.3, -0.25) is 4.99 Å². The van der Waals surface area contributed by atoms with Crippen LogP contribution in [0.2, 0.25) is 0 Å². The number of hydrogen-bond acceptors (Lipinski definition) is 5. The molecule has 2 rings (SSSR count). The molecular formula is C17H34IN7O. The summed E-state index contributed by atoms with van der Waals surface area (Å²) >= 11 is 0. The Labute approximate surface area is 174 Å². The Morgan fingerprint density at radius 2 is 2.15 bits per heavy atom. The number of aryl methyl sites for hydroxylation is 1. The molecule has 0 fully saturated rings. The van der Waals surface area contributed by atoms with Gasteiger partial charge in [0.05, 0.1) is 6.54 Å². The number of halogens is 1. The number of aromatic nitrogens is 3. The molecule has 1 aliphatic rings. The van der Waals surface area contributed by atoms with Crippen molar-refractivity contribution < 1.29 is 4.74 Å². The van der Waals surface area contributed by atoms with Crippen molar-refractivity contribution in [2.45, 2.75) is 45.9 Å². The molecule has 0 bridgehead atoms. The van der Waals surface area contributed by atoms with Gasteiger partial charge in [-0.05, 0) is 25.9 Å². The molecule has 1 aliphatic heterocycles. The molecule has 2 heterocycles. The van der Waals surface area contributed by atoms with E-state index in [4.69, 9.17) is 4.74 Å².